The second-order valence-corrected chi connectivity index (χ2v) is 21.9. The standard InChI is InChI=1S/C65H64BN3S/c1-62(2,3)43-27-33-50(34-28-43)68-55-39-47(65(10,11)45-21-15-12-16-22-45)32-38-54(55)66-59-53-37-31-46(64(7,8)9)40-58(53)70-61(59)69(51-35-29-44(30-36-51)63(4,5)6)57-42-52(41-56(68)60(57)66)67(48-23-17-13-18-24-48)49-25-19-14-20-26-49/h12-42H,1-11H3/i12D,13D,14D,15D,16D,17D,18D,19D,20D,21D,22D,23D,24D,25D,26D,27D,28D,29D,30D,31D,32D,33D,34D,35D,36D,37D,38D,39D,40D. The highest BCUT2D eigenvalue weighted by atomic mass is 32.1. The topological polar surface area (TPSA) is 9.72 Å². The van der Waals surface area contributed by atoms with Crippen molar-refractivity contribution in [2.45, 2.75) is 97.8 Å². The summed E-state index contributed by atoms with van der Waals surface area (Å²) in [6.45, 7) is 16.0. The minimum absolute atomic E-state index is 0.0176. The maximum atomic E-state index is 10.9. The molecule has 11 rings (SSSR count). The summed E-state index contributed by atoms with van der Waals surface area (Å²) in [6, 6.07) is -20.5. The third-order valence-electron chi connectivity index (χ3n) is 12.5. The van der Waals surface area contributed by atoms with Gasteiger partial charge in [-0.25, -0.2) is 0 Å². The number of rotatable bonds is 7. The van der Waals surface area contributed by atoms with Gasteiger partial charge in [-0.2, -0.15) is 0 Å². The van der Waals surface area contributed by atoms with Crippen LogP contribution in [0.2, 0.25) is 0 Å². The van der Waals surface area contributed by atoms with Crippen molar-refractivity contribution in [3.63, 3.8) is 0 Å². The third kappa shape index (κ3) is 7.74. The number of para-hydroxylation sites is 2. The Bertz CT molecular complexity index is 4950. The Morgan fingerprint density at radius 1 is 0.429 bits per heavy atom. The van der Waals surface area contributed by atoms with Crippen LogP contribution in [0, 0.1) is 0 Å². The molecule has 2 aliphatic rings. The van der Waals surface area contributed by atoms with Crippen LogP contribution in [0.4, 0.5) is 50.5 Å². The maximum Gasteiger partial charge on any atom is 0.254 e. The van der Waals surface area contributed by atoms with Gasteiger partial charge in [0.05, 0.1) is 50.4 Å². The molecule has 0 unspecified atom stereocenters. The molecule has 70 heavy (non-hydrogen) atoms. The lowest BCUT2D eigenvalue weighted by Gasteiger charge is -2.44. The molecular weight excluding hydrogens is 866 g/mol. The summed E-state index contributed by atoms with van der Waals surface area (Å²) < 4.78 is 278. The highest BCUT2D eigenvalue weighted by molar-refractivity contribution is 7.26. The van der Waals surface area contributed by atoms with E-state index in [1.807, 2.05) is 0 Å². The molecule has 348 valence electrons. The van der Waals surface area contributed by atoms with Gasteiger partial charge in [-0.05, 0) is 138 Å². The molecular formula is C65H64BN3S. The first kappa shape index (κ1) is 23.4. The van der Waals surface area contributed by atoms with Crippen molar-refractivity contribution in [3.05, 3.63) is 215 Å². The monoisotopic (exact) mass is 959 g/mol. The van der Waals surface area contributed by atoms with Gasteiger partial charge in [0.15, 0.2) is 0 Å². The molecule has 0 saturated carbocycles. The molecule has 0 amide bonds. The van der Waals surface area contributed by atoms with E-state index in [0.717, 1.165) is 27.2 Å². The Morgan fingerprint density at radius 3 is 1.43 bits per heavy atom. The fourth-order valence-corrected chi connectivity index (χ4v) is 9.92. The van der Waals surface area contributed by atoms with Gasteiger partial charge in [-0.15, -0.1) is 11.3 Å². The average Bonchev–Trinajstić information content (AvgIpc) is 1.66. The smallest absolute Gasteiger partial charge is 0.254 e. The summed E-state index contributed by atoms with van der Waals surface area (Å²) in [5.41, 5.74) is -12.0. The van der Waals surface area contributed by atoms with E-state index in [-0.39, 0.29) is 54.4 Å². The Hall–Kier alpha value is -6.82. The van der Waals surface area contributed by atoms with Crippen molar-refractivity contribution in [1.82, 2.24) is 0 Å². The SMILES string of the molecule is [2H]c1c([2H])c([2H])c(N(c2cc3c4c(c2)N(c2c([2H])c([2H])c(C(C)(C)C)c([2H])c2[2H])c2c([2H])c(C(C)(C)c5c([2H])c([2H])c([2H])c([2H])c5[2H])c([2H])c([2H])c2B4c2c(sc4c([2H])c(C(C)(C)C)c([2H])c([2H])c24)N3c2c([2H])c([2H])c(C(C)(C)C)c([2H])c2[2H])c2c([2H])c([2H])c([2H])c([2H])c2[2H])c([2H])c1[2H]. The van der Waals surface area contributed by atoms with Crippen molar-refractivity contribution in [1.29, 1.82) is 0 Å². The van der Waals surface area contributed by atoms with E-state index in [1.54, 1.807) is 62.3 Å². The number of hydrogen-bond acceptors (Lipinski definition) is 4. The summed E-state index contributed by atoms with van der Waals surface area (Å²) in [5.74, 6) is 0. The van der Waals surface area contributed by atoms with Gasteiger partial charge in [0, 0.05) is 49.9 Å². The van der Waals surface area contributed by atoms with E-state index >= 15 is 0 Å². The molecule has 1 aromatic heterocycles. The zero-order chi connectivity index (χ0) is 74.1. The van der Waals surface area contributed by atoms with Gasteiger partial charge >= 0.3 is 0 Å². The molecule has 0 bridgehead atoms. The van der Waals surface area contributed by atoms with Crippen LogP contribution < -0.4 is 31.1 Å². The minimum Gasteiger partial charge on any atom is -0.311 e. The molecule has 0 radical (unpaired) electrons. The van der Waals surface area contributed by atoms with Crippen LogP contribution in [-0.2, 0) is 21.7 Å². The molecule has 2 aliphatic heterocycles. The molecule has 9 aromatic rings. The van der Waals surface area contributed by atoms with Gasteiger partial charge in [0.1, 0.15) is 0 Å². The zero-order valence-corrected chi connectivity index (χ0v) is 41.3. The lowest BCUT2D eigenvalue weighted by molar-refractivity contribution is 0.590. The molecule has 0 fully saturated rings. The lowest BCUT2D eigenvalue weighted by atomic mass is 9.33. The second-order valence-electron chi connectivity index (χ2n) is 20.9. The Balaban J connectivity index is 1.51. The normalized spacial score (nSPS) is 19.4. The van der Waals surface area contributed by atoms with Crippen LogP contribution in [0.25, 0.3) is 10.1 Å². The first-order valence-corrected chi connectivity index (χ1v) is 23.5. The molecule has 0 atom stereocenters. The van der Waals surface area contributed by atoms with Gasteiger partial charge in [0.25, 0.3) is 6.71 Å². The van der Waals surface area contributed by atoms with E-state index in [2.05, 4.69) is 0 Å². The van der Waals surface area contributed by atoms with Crippen LogP contribution in [0.1, 0.15) is 144 Å². The average molecular weight is 959 g/mol. The van der Waals surface area contributed by atoms with Crippen molar-refractivity contribution < 1.29 is 39.8 Å². The maximum absolute atomic E-state index is 10.9. The van der Waals surface area contributed by atoms with Crippen LogP contribution in [-0.4, -0.2) is 6.71 Å². The number of thiophene rings is 1. The van der Waals surface area contributed by atoms with E-state index in [1.165, 1.54) is 24.8 Å². The predicted molar refractivity (Wildman–Crippen MR) is 305 cm³/mol. The summed E-state index contributed by atoms with van der Waals surface area (Å²) in [6.07, 6.45) is 0. The predicted octanol–water partition coefficient (Wildman–Crippen LogP) is 16.7. The largest absolute Gasteiger partial charge is 0.311 e. The number of benzene rings is 8. The zero-order valence-electron chi connectivity index (χ0n) is 69.5. The fraction of sp³-hybridized carbons (Fsp3) is 0.231. The Labute approximate surface area is 461 Å². The van der Waals surface area contributed by atoms with Crippen LogP contribution >= 0.6 is 11.3 Å². The summed E-state index contributed by atoms with van der Waals surface area (Å²) in [4.78, 5) is 3.00. The third-order valence-corrected chi connectivity index (χ3v) is 13.6. The van der Waals surface area contributed by atoms with Crippen molar-refractivity contribution in [2.24, 2.45) is 0 Å². The van der Waals surface area contributed by atoms with Crippen LogP contribution in [0.3, 0.4) is 0 Å². The molecule has 8 aromatic carbocycles. The highest BCUT2D eigenvalue weighted by Crippen LogP contribution is 2.51. The number of nitrogens with zero attached hydrogens (tertiary/aromatic N) is 3. The molecule has 5 heteroatoms. The second kappa shape index (κ2) is 16.7. The molecule has 0 aliphatic carbocycles. The van der Waals surface area contributed by atoms with Crippen LogP contribution in [0.5, 0.6) is 0 Å². The number of fused-ring (bicyclic) bond motifs is 6. The number of anilines is 9. The quantitative estimate of drug-likeness (QED) is 0.147. The minimum atomic E-state index is -2.09. The van der Waals surface area contributed by atoms with Crippen molar-refractivity contribution in [3.8, 4) is 0 Å². The van der Waals surface area contributed by atoms with Crippen molar-refractivity contribution in [2.75, 3.05) is 14.7 Å². The molecule has 3 nitrogen and oxygen atoms in total. The highest BCUT2D eigenvalue weighted by Gasteiger charge is 2.46. The molecule has 0 spiro atoms. The van der Waals surface area contributed by atoms with E-state index in [9.17, 15) is 27.4 Å². The Morgan fingerprint density at radius 2 is 0.900 bits per heavy atom. The van der Waals surface area contributed by atoms with Gasteiger partial charge in [-0.3, -0.25) is 0 Å². The Kier molecular flexibility index (Phi) is 5.57. The first-order valence-electron chi connectivity index (χ1n) is 37.2. The fourth-order valence-electron chi connectivity index (χ4n) is 8.70. The van der Waals surface area contributed by atoms with E-state index in [0.29, 0.717) is 0 Å². The summed E-state index contributed by atoms with van der Waals surface area (Å²) >= 11 is 0.773. The summed E-state index contributed by atoms with van der Waals surface area (Å²) in [7, 11) is 0. The van der Waals surface area contributed by atoms with Gasteiger partial charge in [-0.1, -0.05) is 191 Å². The van der Waals surface area contributed by atoms with Crippen LogP contribution in [0.15, 0.2) is 187 Å². The molecule has 0 saturated heterocycles. The number of hydrogen-bond donors (Lipinski definition) is 0. The van der Waals surface area contributed by atoms with E-state index < -0.39 is 254 Å². The van der Waals surface area contributed by atoms with E-state index in [4.69, 9.17) is 12.3 Å². The van der Waals surface area contributed by atoms with Gasteiger partial charge < -0.3 is 14.7 Å². The summed E-state index contributed by atoms with van der Waals surface area (Å²) in [5, 5.41) is -0.312. The van der Waals surface area contributed by atoms with Crippen molar-refractivity contribution >= 4 is 95.0 Å². The molecule has 0 N–H and O–H groups in total. The first-order chi connectivity index (χ1) is 45.5. The van der Waals surface area contributed by atoms with Gasteiger partial charge in [0.2, 0.25) is 0 Å². The molecule has 3 heterocycles. The lowest BCUT2D eigenvalue weighted by Crippen LogP contribution is -2.61.